The highest BCUT2D eigenvalue weighted by molar-refractivity contribution is 9.18. The van der Waals surface area contributed by atoms with Gasteiger partial charge in [-0.3, -0.25) is 0 Å². The number of rotatable bonds is 3. The minimum absolute atomic E-state index is 0.646. The van der Waals surface area contributed by atoms with Crippen LogP contribution in [0, 0.1) is 0 Å². The van der Waals surface area contributed by atoms with Gasteiger partial charge in [-0.25, -0.2) is 4.99 Å². The van der Waals surface area contributed by atoms with E-state index in [0.717, 1.165) is 16.0 Å². The van der Waals surface area contributed by atoms with Gasteiger partial charge in [0.15, 0.2) is 5.01 Å². The van der Waals surface area contributed by atoms with Crippen molar-refractivity contribution in [1.82, 2.24) is 10.2 Å². The van der Waals surface area contributed by atoms with Crippen LogP contribution in [0.5, 0.6) is 0 Å². The molecule has 0 spiro atoms. The summed E-state index contributed by atoms with van der Waals surface area (Å²) >= 11 is 4.77. The molecule has 4 nitrogen and oxygen atoms in total. The van der Waals surface area contributed by atoms with Crippen LogP contribution in [0.25, 0.3) is 5.70 Å². The first-order valence-corrected chi connectivity index (χ1v) is 6.77. The monoisotopic (exact) mass is 316 g/mol. The summed E-state index contributed by atoms with van der Waals surface area (Å²) in [6.07, 6.45) is 2.58. The lowest BCUT2D eigenvalue weighted by atomic mass is 10.3. The normalized spacial score (nSPS) is 12.4. The fourth-order valence-corrected chi connectivity index (χ4v) is 1.57. The van der Waals surface area contributed by atoms with E-state index in [2.05, 4.69) is 37.7 Å². The van der Waals surface area contributed by atoms with Crippen LogP contribution in [-0.4, -0.2) is 14.8 Å². The molecular weight excluding hydrogens is 300 g/mol. The van der Waals surface area contributed by atoms with Gasteiger partial charge < -0.3 is 5.73 Å². The fourth-order valence-electron chi connectivity index (χ4n) is 0.781. The predicted molar refractivity (Wildman–Crippen MR) is 79.2 cm³/mol. The number of nitrogens with zero attached hydrogens (tertiary/aromatic N) is 3. The molecule has 1 aromatic rings. The first kappa shape index (κ1) is 16.0. The molecule has 17 heavy (non-hydrogen) atoms. The van der Waals surface area contributed by atoms with Crippen LogP contribution >= 0.6 is 27.3 Å². The Kier molecular flexibility index (Phi) is 8.53. The van der Waals surface area contributed by atoms with Crippen molar-refractivity contribution in [3.63, 3.8) is 0 Å². The second-order valence-electron chi connectivity index (χ2n) is 3.03. The van der Waals surface area contributed by atoms with Crippen molar-refractivity contribution >= 4 is 37.6 Å². The number of allylic oxidation sites excluding steroid dienone is 2. The smallest absolute Gasteiger partial charge is 0.167 e. The molecule has 0 unspecified atom stereocenters. The lowest BCUT2D eigenvalue weighted by molar-refractivity contribution is 1.06. The van der Waals surface area contributed by atoms with Crippen LogP contribution in [0.1, 0.15) is 32.2 Å². The number of halogens is 1. The summed E-state index contributed by atoms with van der Waals surface area (Å²) < 4.78 is 0.854. The maximum Gasteiger partial charge on any atom is 0.167 e. The Bertz CT molecular complexity index is 392. The molecule has 1 heterocycles. The zero-order chi connectivity index (χ0) is 13.3. The summed E-state index contributed by atoms with van der Waals surface area (Å²) in [7, 11) is 0. The number of aliphatic imine (C=N–C) groups is 1. The van der Waals surface area contributed by atoms with Gasteiger partial charge in [-0.2, -0.15) is 0 Å². The predicted octanol–water partition coefficient (Wildman–Crippen LogP) is 3.58. The highest BCUT2D eigenvalue weighted by Crippen LogP contribution is 2.20. The molecule has 2 N–H and O–H groups in total. The molecule has 1 rings (SSSR count). The summed E-state index contributed by atoms with van der Waals surface area (Å²) in [5, 5.41) is 8.43. The van der Waals surface area contributed by atoms with Crippen molar-refractivity contribution in [3.8, 4) is 0 Å². The molecule has 0 saturated heterocycles. The Morgan fingerprint density at radius 2 is 2.29 bits per heavy atom. The van der Waals surface area contributed by atoms with Crippen LogP contribution in [0.3, 0.4) is 0 Å². The standard InChI is InChI=1S/C8H11BrN4S.C3H6/c1-3-6(9)12-7(5(2)10)8-13-11-4-14-8;1-3-2/h4H,3,10H2,1-2H3;3H,1H2,2H3/b7-5+,12-6?;. The Hall–Kier alpha value is -1.01. The molecule has 0 aromatic carbocycles. The van der Waals surface area contributed by atoms with Gasteiger partial charge in [0.25, 0.3) is 0 Å². The van der Waals surface area contributed by atoms with E-state index in [9.17, 15) is 0 Å². The molecule has 0 aliphatic heterocycles. The topological polar surface area (TPSA) is 64.2 Å². The van der Waals surface area contributed by atoms with Gasteiger partial charge in [-0.1, -0.05) is 24.3 Å². The van der Waals surface area contributed by atoms with Gasteiger partial charge in [-0.05, 0) is 36.2 Å². The van der Waals surface area contributed by atoms with Gasteiger partial charge in [0, 0.05) is 5.70 Å². The molecule has 1 aromatic heterocycles. The van der Waals surface area contributed by atoms with E-state index in [-0.39, 0.29) is 0 Å². The number of aromatic nitrogens is 2. The maximum absolute atomic E-state index is 5.72. The van der Waals surface area contributed by atoms with Gasteiger partial charge >= 0.3 is 0 Å². The average molecular weight is 317 g/mol. The Morgan fingerprint density at radius 1 is 1.71 bits per heavy atom. The van der Waals surface area contributed by atoms with Gasteiger partial charge in [-0.15, -0.1) is 16.8 Å². The molecule has 94 valence electrons. The molecule has 0 fully saturated rings. The van der Waals surface area contributed by atoms with Crippen molar-refractivity contribution in [2.45, 2.75) is 27.2 Å². The van der Waals surface area contributed by atoms with Crippen LogP contribution < -0.4 is 5.73 Å². The summed E-state index contributed by atoms with van der Waals surface area (Å²) in [5.41, 5.74) is 8.72. The van der Waals surface area contributed by atoms with E-state index in [1.165, 1.54) is 11.3 Å². The molecule has 0 amide bonds. The summed E-state index contributed by atoms with van der Waals surface area (Å²) in [6, 6.07) is 0. The SMILES string of the molecule is C=CC.CCC(Br)=N/C(=C(\C)N)c1nncs1. The Balaban J connectivity index is 0.000000770. The average Bonchev–Trinajstić information content (AvgIpc) is 2.79. The van der Waals surface area contributed by atoms with Gasteiger partial charge in [0.1, 0.15) is 11.2 Å². The third kappa shape index (κ3) is 6.33. The zero-order valence-corrected chi connectivity index (χ0v) is 12.7. The largest absolute Gasteiger partial charge is 0.400 e. The Labute approximate surface area is 114 Å². The molecule has 0 aliphatic carbocycles. The highest BCUT2D eigenvalue weighted by atomic mass is 79.9. The summed E-state index contributed by atoms with van der Waals surface area (Å²) in [6.45, 7) is 9.06. The zero-order valence-electron chi connectivity index (χ0n) is 10.3. The summed E-state index contributed by atoms with van der Waals surface area (Å²) in [5.74, 6) is 0. The van der Waals surface area contributed by atoms with Crippen molar-refractivity contribution in [2.24, 2.45) is 10.7 Å². The van der Waals surface area contributed by atoms with E-state index in [0.29, 0.717) is 11.4 Å². The second kappa shape index (κ2) is 9.07. The van der Waals surface area contributed by atoms with Crippen molar-refractivity contribution in [3.05, 3.63) is 28.9 Å². The molecule has 6 heteroatoms. The Morgan fingerprint density at radius 3 is 2.65 bits per heavy atom. The highest BCUT2D eigenvalue weighted by Gasteiger charge is 2.07. The third-order valence-electron chi connectivity index (χ3n) is 1.46. The second-order valence-corrected chi connectivity index (χ2v) is 4.77. The lowest BCUT2D eigenvalue weighted by Gasteiger charge is -2.00. The van der Waals surface area contributed by atoms with Gasteiger partial charge in [0.05, 0.1) is 4.62 Å². The molecule has 0 atom stereocenters. The molecular formula is C11H17BrN4S. The quantitative estimate of drug-likeness (QED) is 0.684. The van der Waals surface area contributed by atoms with Crippen LogP contribution in [0.15, 0.2) is 28.9 Å². The van der Waals surface area contributed by atoms with Crippen LogP contribution in [0.2, 0.25) is 0 Å². The number of hydrogen-bond donors (Lipinski definition) is 1. The number of hydrogen-bond acceptors (Lipinski definition) is 5. The van der Waals surface area contributed by atoms with Crippen LogP contribution in [0.4, 0.5) is 0 Å². The number of nitrogens with two attached hydrogens (primary N) is 1. The summed E-state index contributed by atoms with van der Waals surface area (Å²) in [4.78, 5) is 4.33. The van der Waals surface area contributed by atoms with E-state index in [4.69, 9.17) is 5.73 Å². The minimum Gasteiger partial charge on any atom is -0.400 e. The van der Waals surface area contributed by atoms with Crippen molar-refractivity contribution in [2.75, 3.05) is 0 Å². The minimum atomic E-state index is 0.646. The van der Waals surface area contributed by atoms with Gasteiger partial charge in [0.2, 0.25) is 0 Å². The van der Waals surface area contributed by atoms with E-state index >= 15 is 0 Å². The molecule has 0 bridgehead atoms. The van der Waals surface area contributed by atoms with E-state index in [1.807, 2.05) is 13.8 Å². The van der Waals surface area contributed by atoms with Crippen LogP contribution in [-0.2, 0) is 0 Å². The fraction of sp³-hybridized carbons (Fsp3) is 0.364. The van der Waals surface area contributed by atoms with Crippen molar-refractivity contribution in [1.29, 1.82) is 0 Å². The molecule has 0 radical (unpaired) electrons. The first-order chi connectivity index (χ1) is 8.06. The molecule has 0 aliphatic rings. The molecule has 0 saturated carbocycles. The van der Waals surface area contributed by atoms with E-state index in [1.54, 1.807) is 18.5 Å². The first-order valence-electron chi connectivity index (χ1n) is 5.09. The van der Waals surface area contributed by atoms with Crippen molar-refractivity contribution < 1.29 is 0 Å². The third-order valence-corrected chi connectivity index (χ3v) is 2.90. The lowest BCUT2D eigenvalue weighted by Crippen LogP contribution is -1.98. The maximum atomic E-state index is 5.72. The van der Waals surface area contributed by atoms with E-state index < -0.39 is 0 Å².